The van der Waals surface area contributed by atoms with E-state index >= 15 is 0 Å². The summed E-state index contributed by atoms with van der Waals surface area (Å²) in [4.78, 5) is 11.0. The molecular weight excluding hydrogens is 172 g/mol. The number of rotatable bonds is 2. The summed E-state index contributed by atoms with van der Waals surface area (Å²) in [6.45, 7) is 6.81. The topological polar surface area (TPSA) is 84.6 Å². The monoisotopic (exact) mass is 190 g/mol. The molecule has 0 fully saturated rings. The van der Waals surface area contributed by atoms with Crippen molar-refractivity contribution in [2.24, 2.45) is 5.73 Å². The lowest BCUT2D eigenvalue weighted by Gasteiger charge is -2.22. The molecular formula is C8H18N2O3. The third-order valence-electron chi connectivity index (χ3n) is 1.16. The van der Waals surface area contributed by atoms with Crippen molar-refractivity contribution in [1.82, 2.24) is 5.32 Å². The molecule has 78 valence electrons. The number of carbonyl (C=O) groups excluding carboxylic acids is 1. The first-order valence-corrected chi connectivity index (χ1v) is 4.15. The van der Waals surface area contributed by atoms with E-state index in [9.17, 15) is 4.79 Å². The predicted octanol–water partition coefficient (Wildman–Crippen LogP) is 0.177. The average molecular weight is 190 g/mol. The molecule has 1 amide bonds. The quantitative estimate of drug-likeness (QED) is 0.542. The van der Waals surface area contributed by atoms with Crippen LogP contribution in [0.1, 0.15) is 27.7 Å². The largest absolute Gasteiger partial charge is 0.444 e. The van der Waals surface area contributed by atoms with Gasteiger partial charge >= 0.3 is 6.09 Å². The van der Waals surface area contributed by atoms with Gasteiger partial charge in [0.25, 0.3) is 0 Å². The Morgan fingerprint density at radius 2 is 2.00 bits per heavy atom. The van der Waals surface area contributed by atoms with Crippen LogP contribution in [0.25, 0.3) is 0 Å². The standard InChI is InChI=1S/C8H18N2O3/c1-5(9)6(11)10-7(12)13-8(2,3)4/h5-6,11H,9H2,1-4H3,(H,10,12)/t5-,6?/m0/s1. The van der Waals surface area contributed by atoms with Gasteiger partial charge in [-0.3, -0.25) is 5.32 Å². The van der Waals surface area contributed by atoms with Crippen LogP contribution in [0.5, 0.6) is 0 Å². The van der Waals surface area contributed by atoms with E-state index in [4.69, 9.17) is 15.6 Å². The van der Waals surface area contributed by atoms with Crippen molar-refractivity contribution in [1.29, 1.82) is 0 Å². The van der Waals surface area contributed by atoms with Crippen LogP contribution in [0.2, 0.25) is 0 Å². The summed E-state index contributed by atoms with van der Waals surface area (Å²) in [5, 5.41) is 11.4. The molecule has 0 heterocycles. The number of aliphatic hydroxyl groups excluding tert-OH is 1. The first kappa shape index (κ1) is 12.2. The van der Waals surface area contributed by atoms with Crippen molar-refractivity contribution in [2.75, 3.05) is 0 Å². The highest BCUT2D eigenvalue weighted by Crippen LogP contribution is 2.06. The van der Waals surface area contributed by atoms with E-state index in [1.54, 1.807) is 27.7 Å². The third-order valence-corrected chi connectivity index (χ3v) is 1.16. The number of nitrogens with one attached hydrogen (secondary N) is 1. The molecule has 0 aromatic carbocycles. The van der Waals surface area contributed by atoms with E-state index in [-0.39, 0.29) is 0 Å². The molecule has 0 saturated carbocycles. The van der Waals surface area contributed by atoms with Crippen molar-refractivity contribution in [3.05, 3.63) is 0 Å². The summed E-state index contributed by atoms with van der Waals surface area (Å²) in [6.07, 6.45) is -1.74. The molecule has 0 spiro atoms. The van der Waals surface area contributed by atoms with Crippen LogP contribution in [0, 0.1) is 0 Å². The first-order chi connectivity index (χ1) is 5.72. The molecule has 2 atom stereocenters. The Labute approximate surface area is 78.3 Å². The van der Waals surface area contributed by atoms with E-state index in [1.165, 1.54) is 0 Å². The molecule has 0 aromatic heterocycles. The molecule has 0 bridgehead atoms. The Hall–Kier alpha value is -0.810. The minimum atomic E-state index is -1.07. The van der Waals surface area contributed by atoms with Crippen LogP contribution in [-0.4, -0.2) is 29.1 Å². The zero-order valence-electron chi connectivity index (χ0n) is 8.50. The zero-order chi connectivity index (χ0) is 10.6. The molecule has 0 aliphatic rings. The second-order valence-corrected chi connectivity index (χ2v) is 3.95. The summed E-state index contributed by atoms with van der Waals surface area (Å²) < 4.78 is 4.89. The lowest BCUT2D eigenvalue weighted by molar-refractivity contribution is 0.0322. The Morgan fingerprint density at radius 3 is 2.31 bits per heavy atom. The summed E-state index contributed by atoms with van der Waals surface area (Å²) in [6, 6.07) is -0.521. The van der Waals surface area contributed by atoms with Gasteiger partial charge in [0.2, 0.25) is 0 Å². The summed E-state index contributed by atoms with van der Waals surface area (Å²) in [5.41, 5.74) is 4.76. The molecule has 5 heteroatoms. The van der Waals surface area contributed by atoms with Crippen LogP contribution in [-0.2, 0) is 4.74 Å². The lowest BCUT2D eigenvalue weighted by Crippen LogP contribution is -2.47. The molecule has 0 aliphatic carbocycles. The van der Waals surface area contributed by atoms with Crippen LogP contribution in [0.15, 0.2) is 0 Å². The molecule has 0 radical (unpaired) electrons. The van der Waals surface area contributed by atoms with Gasteiger partial charge in [-0.05, 0) is 27.7 Å². The number of alkyl carbamates (subject to hydrolysis) is 1. The van der Waals surface area contributed by atoms with Crippen molar-refractivity contribution >= 4 is 6.09 Å². The van der Waals surface area contributed by atoms with E-state index in [0.717, 1.165) is 0 Å². The molecule has 0 rings (SSSR count). The SMILES string of the molecule is C[C@H](N)C(O)NC(=O)OC(C)(C)C. The highest BCUT2D eigenvalue weighted by molar-refractivity contribution is 5.67. The van der Waals surface area contributed by atoms with E-state index in [2.05, 4.69) is 5.32 Å². The Kier molecular flexibility index (Phi) is 4.16. The van der Waals surface area contributed by atoms with Gasteiger partial charge in [-0.25, -0.2) is 4.79 Å². The fraction of sp³-hybridized carbons (Fsp3) is 0.875. The molecule has 0 saturated heterocycles. The molecule has 5 nitrogen and oxygen atoms in total. The summed E-state index contributed by atoms with van der Waals surface area (Å²) >= 11 is 0. The second kappa shape index (κ2) is 4.43. The molecule has 13 heavy (non-hydrogen) atoms. The first-order valence-electron chi connectivity index (χ1n) is 4.15. The normalized spacial score (nSPS) is 16.2. The van der Waals surface area contributed by atoms with Gasteiger partial charge < -0.3 is 15.6 Å². The van der Waals surface area contributed by atoms with Gasteiger partial charge in [0, 0.05) is 6.04 Å². The number of hydrogen-bond donors (Lipinski definition) is 3. The minimum Gasteiger partial charge on any atom is -0.444 e. The highest BCUT2D eigenvalue weighted by Gasteiger charge is 2.19. The Morgan fingerprint density at radius 1 is 1.54 bits per heavy atom. The number of hydrogen-bond acceptors (Lipinski definition) is 4. The van der Waals surface area contributed by atoms with E-state index < -0.39 is 24.0 Å². The molecule has 0 aliphatic heterocycles. The average Bonchev–Trinajstić information content (AvgIpc) is 1.81. The van der Waals surface area contributed by atoms with Gasteiger partial charge in [0.05, 0.1) is 0 Å². The zero-order valence-corrected chi connectivity index (χ0v) is 8.50. The van der Waals surface area contributed by atoms with Gasteiger partial charge in [0.15, 0.2) is 0 Å². The van der Waals surface area contributed by atoms with Gasteiger partial charge in [0.1, 0.15) is 11.8 Å². The Bertz CT molecular complexity index is 175. The number of aliphatic hydroxyl groups is 1. The van der Waals surface area contributed by atoms with Crippen LogP contribution >= 0.6 is 0 Å². The maximum Gasteiger partial charge on any atom is 0.409 e. The van der Waals surface area contributed by atoms with Crippen molar-refractivity contribution < 1.29 is 14.6 Å². The molecule has 0 aromatic rings. The number of amides is 1. The van der Waals surface area contributed by atoms with E-state index in [1.807, 2.05) is 0 Å². The number of nitrogens with two attached hydrogens (primary N) is 1. The van der Waals surface area contributed by atoms with E-state index in [0.29, 0.717) is 0 Å². The summed E-state index contributed by atoms with van der Waals surface area (Å²) in [7, 11) is 0. The highest BCUT2D eigenvalue weighted by atomic mass is 16.6. The third kappa shape index (κ3) is 6.36. The molecule has 4 N–H and O–H groups in total. The van der Waals surface area contributed by atoms with Gasteiger partial charge in [-0.2, -0.15) is 0 Å². The number of carbonyl (C=O) groups is 1. The summed E-state index contributed by atoms with van der Waals surface area (Å²) in [5.74, 6) is 0. The minimum absolute atomic E-state index is 0.521. The van der Waals surface area contributed by atoms with Crippen LogP contribution < -0.4 is 11.1 Å². The maximum atomic E-state index is 11.0. The van der Waals surface area contributed by atoms with Crippen LogP contribution in [0.3, 0.4) is 0 Å². The maximum absolute atomic E-state index is 11.0. The smallest absolute Gasteiger partial charge is 0.409 e. The fourth-order valence-corrected chi connectivity index (χ4v) is 0.560. The van der Waals surface area contributed by atoms with Gasteiger partial charge in [-0.1, -0.05) is 0 Å². The lowest BCUT2D eigenvalue weighted by atomic mass is 10.2. The van der Waals surface area contributed by atoms with Crippen molar-refractivity contribution in [2.45, 2.75) is 45.6 Å². The van der Waals surface area contributed by atoms with Crippen molar-refractivity contribution in [3.63, 3.8) is 0 Å². The van der Waals surface area contributed by atoms with Crippen molar-refractivity contribution in [3.8, 4) is 0 Å². The fourth-order valence-electron chi connectivity index (χ4n) is 0.560. The molecule has 1 unspecified atom stereocenters. The number of ether oxygens (including phenoxy) is 1. The Balaban J connectivity index is 3.89. The van der Waals surface area contributed by atoms with Gasteiger partial charge in [-0.15, -0.1) is 0 Å². The second-order valence-electron chi connectivity index (χ2n) is 3.95. The predicted molar refractivity (Wildman–Crippen MR) is 49.0 cm³/mol. The van der Waals surface area contributed by atoms with Crippen LogP contribution in [0.4, 0.5) is 4.79 Å².